The summed E-state index contributed by atoms with van der Waals surface area (Å²) >= 11 is 3.22. The summed E-state index contributed by atoms with van der Waals surface area (Å²) in [6, 6.07) is 2.17. The fourth-order valence-corrected chi connectivity index (χ4v) is 4.51. The second kappa shape index (κ2) is 5.68. The number of furan rings is 1. The molecule has 7 heteroatoms. The smallest absolute Gasteiger partial charge is 0.244 e. The van der Waals surface area contributed by atoms with Crippen molar-refractivity contribution in [1.82, 2.24) is 10.0 Å². The molecule has 2 aliphatic rings. The lowest BCUT2D eigenvalue weighted by Crippen LogP contribution is -2.30. The van der Waals surface area contributed by atoms with E-state index in [-0.39, 0.29) is 15.0 Å². The molecule has 0 saturated heterocycles. The van der Waals surface area contributed by atoms with Crippen molar-refractivity contribution < 1.29 is 12.8 Å². The normalized spacial score (nSPS) is 20.7. The zero-order chi connectivity index (χ0) is 15.1. The Morgan fingerprint density at radius 2 is 2.14 bits per heavy atom. The summed E-state index contributed by atoms with van der Waals surface area (Å²) in [5, 5.41) is 3.31. The lowest BCUT2D eigenvalue weighted by atomic mass is 10.1. The van der Waals surface area contributed by atoms with Crippen LogP contribution in [-0.4, -0.2) is 21.0 Å². The minimum Gasteiger partial charge on any atom is -0.452 e. The van der Waals surface area contributed by atoms with Crippen LogP contribution in [0, 0.1) is 5.41 Å². The molecule has 0 bridgehead atoms. The molecule has 2 aliphatic carbocycles. The van der Waals surface area contributed by atoms with E-state index in [1.54, 1.807) is 6.07 Å². The van der Waals surface area contributed by atoms with Crippen molar-refractivity contribution in [2.45, 2.75) is 56.5 Å². The zero-order valence-corrected chi connectivity index (χ0v) is 14.5. The van der Waals surface area contributed by atoms with Crippen molar-refractivity contribution in [3.05, 3.63) is 16.5 Å². The molecule has 2 fully saturated rings. The molecule has 0 unspecified atom stereocenters. The third kappa shape index (κ3) is 3.70. The predicted molar refractivity (Wildman–Crippen MR) is 83.4 cm³/mol. The number of rotatable bonds is 8. The largest absolute Gasteiger partial charge is 0.452 e. The predicted octanol–water partition coefficient (Wildman–Crippen LogP) is 2.76. The average molecular weight is 377 g/mol. The van der Waals surface area contributed by atoms with Crippen LogP contribution in [-0.2, 0) is 16.6 Å². The Bertz CT molecular complexity index is 618. The number of nitrogens with one attached hydrogen (secondary N) is 2. The van der Waals surface area contributed by atoms with Gasteiger partial charge in [0.15, 0.2) is 4.67 Å². The van der Waals surface area contributed by atoms with Crippen LogP contribution in [0.2, 0.25) is 0 Å². The Morgan fingerprint density at radius 3 is 2.71 bits per heavy atom. The SMILES string of the molecule is CCC1(CNS(=O)(=O)c2cc(CNC3CC3)oc2Br)CC1. The highest BCUT2D eigenvalue weighted by Gasteiger charge is 2.41. The van der Waals surface area contributed by atoms with Crippen molar-refractivity contribution in [3.8, 4) is 0 Å². The maximum atomic E-state index is 12.4. The summed E-state index contributed by atoms with van der Waals surface area (Å²) in [4.78, 5) is 0.196. The van der Waals surface area contributed by atoms with Gasteiger partial charge in [-0.15, -0.1) is 0 Å². The van der Waals surface area contributed by atoms with E-state index in [0.29, 0.717) is 24.9 Å². The molecule has 2 saturated carbocycles. The van der Waals surface area contributed by atoms with Gasteiger partial charge in [0, 0.05) is 18.7 Å². The average Bonchev–Trinajstić information content (AvgIpc) is 3.35. The second-order valence-electron chi connectivity index (χ2n) is 6.18. The molecule has 0 aliphatic heterocycles. The highest BCUT2D eigenvalue weighted by Crippen LogP contribution is 2.48. The standard InChI is InChI=1S/C14H21BrN2O3S/c1-2-14(5-6-14)9-17-21(18,19)12-7-11(20-13(12)15)8-16-10-3-4-10/h7,10,16-17H,2-6,8-9H2,1H3. The van der Waals surface area contributed by atoms with E-state index in [1.807, 2.05) is 0 Å². The van der Waals surface area contributed by atoms with Crippen molar-refractivity contribution in [2.75, 3.05) is 6.54 Å². The molecule has 0 spiro atoms. The van der Waals surface area contributed by atoms with Gasteiger partial charge in [-0.25, -0.2) is 13.1 Å². The molecule has 21 heavy (non-hydrogen) atoms. The Labute approximate surface area is 134 Å². The van der Waals surface area contributed by atoms with Gasteiger partial charge in [0.25, 0.3) is 0 Å². The van der Waals surface area contributed by atoms with Crippen molar-refractivity contribution >= 4 is 26.0 Å². The van der Waals surface area contributed by atoms with Crippen LogP contribution >= 0.6 is 15.9 Å². The summed E-state index contributed by atoms with van der Waals surface area (Å²) in [6.45, 7) is 3.19. The molecule has 118 valence electrons. The van der Waals surface area contributed by atoms with Gasteiger partial charge in [0.1, 0.15) is 10.7 Å². The zero-order valence-electron chi connectivity index (χ0n) is 12.1. The second-order valence-corrected chi connectivity index (χ2v) is 8.64. The van der Waals surface area contributed by atoms with Gasteiger partial charge < -0.3 is 9.73 Å². The Morgan fingerprint density at radius 1 is 1.43 bits per heavy atom. The molecule has 5 nitrogen and oxygen atoms in total. The van der Waals surface area contributed by atoms with Crippen LogP contribution in [0.15, 0.2) is 20.0 Å². The number of hydrogen-bond acceptors (Lipinski definition) is 4. The third-order valence-electron chi connectivity index (χ3n) is 4.48. The minimum atomic E-state index is -3.51. The summed E-state index contributed by atoms with van der Waals surface area (Å²) in [7, 11) is -3.51. The van der Waals surface area contributed by atoms with Gasteiger partial charge in [-0.1, -0.05) is 6.92 Å². The topological polar surface area (TPSA) is 71.3 Å². The summed E-state index contributed by atoms with van der Waals surface area (Å²) in [5.41, 5.74) is 0.180. The van der Waals surface area contributed by atoms with Crippen molar-refractivity contribution in [2.24, 2.45) is 5.41 Å². The molecule has 2 N–H and O–H groups in total. The monoisotopic (exact) mass is 376 g/mol. The maximum absolute atomic E-state index is 12.4. The number of hydrogen-bond donors (Lipinski definition) is 2. The highest BCUT2D eigenvalue weighted by molar-refractivity contribution is 9.10. The van der Waals surface area contributed by atoms with Gasteiger partial charge in [0.05, 0.1) is 6.54 Å². The first-order chi connectivity index (χ1) is 9.94. The maximum Gasteiger partial charge on any atom is 0.244 e. The van der Waals surface area contributed by atoms with E-state index in [4.69, 9.17) is 4.42 Å². The fourth-order valence-electron chi connectivity index (χ4n) is 2.36. The molecule has 0 amide bonds. The molecular formula is C14H21BrN2O3S. The van der Waals surface area contributed by atoms with Crippen molar-refractivity contribution in [3.63, 3.8) is 0 Å². The van der Waals surface area contributed by atoms with Gasteiger partial charge in [-0.2, -0.15) is 0 Å². The van der Waals surface area contributed by atoms with E-state index < -0.39 is 10.0 Å². The molecular weight excluding hydrogens is 356 g/mol. The van der Waals surface area contributed by atoms with Crippen LogP contribution in [0.25, 0.3) is 0 Å². The lowest BCUT2D eigenvalue weighted by Gasteiger charge is -2.13. The number of sulfonamides is 1. The van der Waals surface area contributed by atoms with Crippen LogP contribution in [0.1, 0.15) is 44.8 Å². The third-order valence-corrected chi connectivity index (χ3v) is 6.74. The van der Waals surface area contributed by atoms with E-state index in [9.17, 15) is 8.42 Å². The van der Waals surface area contributed by atoms with E-state index in [0.717, 1.165) is 19.3 Å². The first kappa shape index (κ1) is 15.5. The molecule has 3 rings (SSSR count). The van der Waals surface area contributed by atoms with Gasteiger partial charge in [-0.05, 0) is 53.4 Å². The van der Waals surface area contributed by atoms with Crippen LogP contribution in [0.3, 0.4) is 0 Å². The van der Waals surface area contributed by atoms with Gasteiger partial charge in [0.2, 0.25) is 10.0 Å². The molecule has 1 aromatic rings. The molecule has 1 aromatic heterocycles. The summed E-state index contributed by atoms with van der Waals surface area (Å²) < 4.78 is 33.3. The van der Waals surface area contributed by atoms with Crippen LogP contribution < -0.4 is 10.0 Å². The Balaban J connectivity index is 1.65. The van der Waals surface area contributed by atoms with Gasteiger partial charge >= 0.3 is 0 Å². The number of halogens is 1. The van der Waals surface area contributed by atoms with Gasteiger partial charge in [-0.3, -0.25) is 0 Å². The summed E-state index contributed by atoms with van der Waals surface area (Å²) in [5.74, 6) is 0.644. The van der Waals surface area contributed by atoms with Crippen LogP contribution in [0.5, 0.6) is 0 Å². The van der Waals surface area contributed by atoms with E-state index in [2.05, 4.69) is 32.9 Å². The molecule has 0 atom stereocenters. The minimum absolute atomic E-state index is 0.180. The highest BCUT2D eigenvalue weighted by atomic mass is 79.9. The van der Waals surface area contributed by atoms with E-state index >= 15 is 0 Å². The molecule has 0 aromatic carbocycles. The Hall–Kier alpha value is -0.370. The first-order valence-electron chi connectivity index (χ1n) is 7.45. The summed E-state index contributed by atoms with van der Waals surface area (Å²) in [6.07, 6.45) is 5.60. The van der Waals surface area contributed by atoms with Crippen LogP contribution in [0.4, 0.5) is 0 Å². The fraction of sp³-hybridized carbons (Fsp3) is 0.714. The first-order valence-corrected chi connectivity index (χ1v) is 9.73. The Kier molecular flexibility index (Phi) is 4.20. The van der Waals surface area contributed by atoms with E-state index in [1.165, 1.54) is 12.8 Å². The van der Waals surface area contributed by atoms with Crippen molar-refractivity contribution in [1.29, 1.82) is 0 Å². The molecule has 0 radical (unpaired) electrons. The lowest BCUT2D eigenvalue weighted by molar-refractivity contribution is 0.458. The quantitative estimate of drug-likeness (QED) is 0.731. The molecule has 1 heterocycles.